The molecule has 3 aliphatic rings. The Balaban J connectivity index is 0.000000282. The van der Waals surface area contributed by atoms with Crippen molar-refractivity contribution in [1.29, 1.82) is 0 Å². The Bertz CT molecular complexity index is 4410. The number of hydrogen-bond acceptors (Lipinski definition) is 12. The second-order valence-electron chi connectivity index (χ2n) is 53.7. The molecule has 3 saturated carbocycles. The molecule has 0 unspecified atom stereocenters. The van der Waals surface area contributed by atoms with Crippen LogP contribution in [0, 0.1) is 0 Å². The van der Waals surface area contributed by atoms with Crippen LogP contribution in [-0.2, 0) is 67.0 Å². The maximum atomic E-state index is 11.9. The summed E-state index contributed by atoms with van der Waals surface area (Å²) in [5.41, 5.74) is 15.1. The van der Waals surface area contributed by atoms with Crippen molar-refractivity contribution in [1.82, 2.24) is 0 Å². The van der Waals surface area contributed by atoms with E-state index in [4.69, 9.17) is 0 Å². The Morgan fingerprint density at radius 3 is 0.507 bits per heavy atom. The summed E-state index contributed by atoms with van der Waals surface area (Å²) in [5, 5.41) is 81.5. The maximum absolute atomic E-state index is 11.9. The van der Waals surface area contributed by atoms with Crippen LogP contribution in [0.4, 0.5) is 0 Å². The molecule has 0 bridgehead atoms. The summed E-state index contributed by atoms with van der Waals surface area (Å²) < 4.78 is 0. The lowest BCUT2D eigenvalue weighted by atomic mass is 9.86. The van der Waals surface area contributed by atoms with Gasteiger partial charge in [0.05, 0.1) is 48.4 Å². The zero-order valence-electron chi connectivity index (χ0n) is 95.7. The standard InChI is InChI=1S/2C42H72O2S2Si2.C36H60O2S2Si2/c1-39(2,3)31-23-29(37(43)35(25-31)47(13,14)41(7,8)9)27-45-33-21-19-17-18-20-22-34(33)46-28-30-24-32(40(4,5)6)26-36(38(30)44)48(15,16)42(10,11)12;1-13-47(14-2,15-3)37-27-33(41(7,8)9)25-31(39(37)43)29-45-35-23-21-19-20-22-24-36(35)46-30-32-26-34(42(10,11)12)28-38(40(32)44)48(16-4,17-5)18-6;1-35(2,3)27-19-25(33(37)31(21-27)41(7,8)9)23-39-29-17-15-13-14-16-18-30(29)40-24-26-20-28(36(4,5)6)22-32(34(26)38)42(10,11)12/h23-26,33-34,43-44H,17-22,27-28H2,1-16H3;25-28,35-36,43-44H,13-24,29-30H2,1-12H3;19-22,29-30,37-38H,13-18,23-24H2,1-12H3/t33-,34-;35-,36-;29-,30-/m000/s1. The average molecular weight is 2100 g/mol. The molecule has 0 spiro atoms. The zero-order chi connectivity index (χ0) is 104. The van der Waals surface area contributed by atoms with E-state index in [0.29, 0.717) is 66.0 Å². The molecule has 9 rings (SSSR count). The molecule has 0 radical (unpaired) electrons. The van der Waals surface area contributed by atoms with Crippen molar-refractivity contribution in [2.75, 3.05) is 0 Å². The summed E-state index contributed by atoms with van der Waals surface area (Å²) in [5.74, 6) is 8.58. The molecule has 6 nitrogen and oxygen atoms in total. The Kier molecular flexibility index (Phi) is 44.2. The molecular formula is C120H204O6S6Si6. The Hall–Kier alpha value is -2.48. The molecule has 0 heterocycles. The van der Waals surface area contributed by atoms with Crippen LogP contribution in [0.1, 0.15) is 390 Å². The largest absolute Gasteiger partial charge is 0.508 e. The number of benzene rings is 6. The second-order valence-corrected chi connectivity index (χ2v) is 92.2. The van der Waals surface area contributed by atoms with E-state index >= 15 is 0 Å². The fourth-order valence-corrected chi connectivity index (χ4v) is 44.2. The van der Waals surface area contributed by atoms with Gasteiger partial charge in [0, 0.05) is 99.4 Å². The van der Waals surface area contributed by atoms with Crippen molar-refractivity contribution in [3.05, 3.63) is 140 Å². The van der Waals surface area contributed by atoms with Gasteiger partial charge in [-0.05, 0) is 146 Å². The van der Waals surface area contributed by atoms with E-state index < -0.39 is 48.4 Å². The number of phenols is 6. The van der Waals surface area contributed by atoms with Gasteiger partial charge in [-0.15, -0.1) is 0 Å². The summed E-state index contributed by atoms with van der Waals surface area (Å²) in [6, 6.07) is 35.0. The summed E-state index contributed by atoms with van der Waals surface area (Å²) in [6.45, 7) is 93.3. The van der Waals surface area contributed by atoms with E-state index in [9.17, 15) is 30.6 Å². The highest BCUT2D eigenvalue weighted by Gasteiger charge is 2.45. The molecule has 6 aromatic rings. The van der Waals surface area contributed by atoms with Gasteiger partial charge >= 0.3 is 0 Å². The molecule has 3 aliphatic carbocycles. The first-order valence-electron chi connectivity index (χ1n) is 54.4. The van der Waals surface area contributed by atoms with Gasteiger partial charge in [-0.1, -0.05) is 459 Å². The van der Waals surface area contributed by atoms with Crippen molar-refractivity contribution in [3.8, 4) is 34.5 Å². The lowest BCUT2D eigenvalue weighted by molar-refractivity contribution is 0.471. The molecule has 0 amide bonds. The maximum Gasteiger partial charge on any atom is 0.118 e. The molecule has 6 N–H and O–H groups in total. The number of thioether (sulfide) groups is 6. The van der Waals surface area contributed by atoms with Gasteiger partial charge in [0.2, 0.25) is 0 Å². The first kappa shape index (κ1) is 122. The van der Waals surface area contributed by atoms with Crippen molar-refractivity contribution in [2.24, 2.45) is 0 Å². The van der Waals surface area contributed by atoms with Crippen LogP contribution >= 0.6 is 70.6 Å². The molecule has 0 aromatic heterocycles. The number of rotatable bonds is 30. The van der Waals surface area contributed by atoms with Crippen LogP contribution in [-0.4, -0.2) is 111 Å². The number of hydrogen-bond donors (Lipinski definition) is 6. The van der Waals surface area contributed by atoms with Gasteiger partial charge in [-0.3, -0.25) is 0 Å². The van der Waals surface area contributed by atoms with Crippen LogP contribution in [0.25, 0.3) is 0 Å². The minimum absolute atomic E-state index is 0.0235. The smallest absolute Gasteiger partial charge is 0.118 e. The minimum Gasteiger partial charge on any atom is -0.508 e. The number of phenolic OH excluding ortho intramolecular Hbond substituents is 6. The van der Waals surface area contributed by atoms with Crippen LogP contribution in [0.2, 0.25) is 112 Å². The second kappa shape index (κ2) is 49.8. The van der Waals surface area contributed by atoms with E-state index in [0.717, 1.165) is 67.9 Å². The molecule has 3 fully saturated rings. The molecule has 6 aromatic carbocycles. The minimum atomic E-state index is -1.95. The molecular weight excluding hydrogens is 1900 g/mol. The third-order valence-electron chi connectivity index (χ3n) is 33.4. The molecule has 0 saturated heterocycles. The predicted octanol–water partition coefficient (Wildman–Crippen LogP) is 34.8. The van der Waals surface area contributed by atoms with Crippen molar-refractivity contribution >= 4 is 150 Å². The van der Waals surface area contributed by atoms with Crippen LogP contribution in [0.15, 0.2) is 72.8 Å². The fraction of sp³-hybridized carbons (Fsp3) is 0.700. The van der Waals surface area contributed by atoms with E-state index in [-0.39, 0.29) is 42.6 Å². The Labute approximate surface area is 880 Å². The quantitative estimate of drug-likeness (QED) is 0.0241. The van der Waals surface area contributed by atoms with E-state index in [1.165, 1.54) is 216 Å². The monoisotopic (exact) mass is 2100 g/mol. The first-order valence-corrected chi connectivity index (χ1v) is 78.9. The zero-order valence-corrected chi connectivity index (χ0v) is 107. The predicted molar refractivity (Wildman–Crippen MR) is 648 cm³/mol. The van der Waals surface area contributed by atoms with Crippen molar-refractivity contribution < 1.29 is 30.6 Å². The van der Waals surface area contributed by atoms with E-state index in [1.54, 1.807) is 0 Å². The highest BCUT2D eigenvalue weighted by atomic mass is 32.2. The highest BCUT2D eigenvalue weighted by molar-refractivity contribution is 8.04. The van der Waals surface area contributed by atoms with E-state index in [2.05, 4.69) is 417 Å². The van der Waals surface area contributed by atoms with Gasteiger partial charge in [-0.25, -0.2) is 0 Å². The molecule has 138 heavy (non-hydrogen) atoms. The SMILES string of the molecule is CC(C)(C)c1cc(CS[C@H]2CCCCCC[C@@H]2SCc2cc(C(C)(C)C)cc([Si](C)(C)C(C)(C)C)c2O)c(O)c([Si](C)(C)C(C)(C)C)c1.CC(C)(C)c1cc(CS[C@H]2CCCCCC[C@@H]2SCc2cc(C(C)(C)C)cc([Si](C)(C)C)c2O)c(O)c([Si](C)(C)C)c1.CC[Si](CC)(CC)c1cc(C(C)(C)C)cc(CS[C@H]2CCCCCC[C@@H]2SCc2cc(C(C)(C)C)cc([Si](CC)(CC)CC)c2O)c1O. The van der Waals surface area contributed by atoms with Crippen LogP contribution in [0.5, 0.6) is 34.5 Å². The molecule has 0 aliphatic heterocycles. The van der Waals surface area contributed by atoms with Crippen molar-refractivity contribution in [3.63, 3.8) is 0 Å². The summed E-state index contributed by atoms with van der Waals surface area (Å²) >= 11 is 12.5. The summed E-state index contributed by atoms with van der Waals surface area (Å²) in [4.78, 5) is 0. The summed E-state index contributed by atoms with van der Waals surface area (Å²) in [6.07, 6.45) is 23.0. The van der Waals surface area contributed by atoms with Crippen LogP contribution < -0.4 is 31.1 Å². The van der Waals surface area contributed by atoms with Crippen LogP contribution in [0.3, 0.4) is 0 Å². The lowest BCUT2D eigenvalue weighted by Crippen LogP contribution is -2.50. The van der Waals surface area contributed by atoms with Crippen molar-refractivity contribution in [2.45, 2.75) is 534 Å². The third-order valence-corrected chi connectivity index (χ3v) is 68.8. The third kappa shape index (κ3) is 32.0. The molecule has 18 heteroatoms. The highest BCUT2D eigenvalue weighted by Crippen LogP contribution is 2.49. The van der Waals surface area contributed by atoms with Gasteiger partial charge in [-0.2, -0.15) is 70.6 Å². The lowest BCUT2D eigenvalue weighted by Gasteiger charge is -2.39. The van der Waals surface area contributed by atoms with E-state index in [1.807, 2.05) is 0 Å². The fourth-order valence-electron chi connectivity index (χ4n) is 20.4. The van der Waals surface area contributed by atoms with Gasteiger partial charge in [0.15, 0.2) is 0 Å². The summed E-state index contributed by atoms with van der Waals surface area (Å²) in [7, 11) is -10.8. The average Bonchev–Trinajstić information content (AvgIpc) is 0.764. The molecule has 780 valence electrons. The van der Waals surface area contributed by atoms with Gasteiger partial charge in [0.1, 0.15) is 34.5 Å². The molecule has 6 atom stereocenters. The Morgan fingerprint density at radius 1 is 0.217 bits per heavy atom. The van der Waals surface area contributed by atoms with Gasteiger partial charge in [0.25, 0.3) is 0 Å². The topological polar surface area (TPSA) is 121 Å². The normalized spacial score (nSPS) is 19.0. The number of aromatic hydroxyl groups is 6. The first-order chi connectivity index (χ1) is 63.4. The Morgan fingerprint density at radius 2 is 0.362 bits per heavy atom. The van der Waals surface area contributed by atoms with Gasteiger partial charge < -0.3 is 30.6 Å².